The van der Waals surface area contributed by atoms with Crippen molar-refractivity contribution in [2.45, 2.75) is 38.8 Å². The highest BCUT2D eigenvalue weighted by Gasteiger charge is 2.38. The third kappa shape index (κ3) is 3.78. The van der Waals surface area contributed by atoms with Crippen molar-refractivity contribution < 1.29 is 9.59 Å². The molecule has 2 aliphatic rings. The maximum absolute atomic E-state index is 13.0. The van der Waals surface area contributed by atoms with Crippen molar-refractivity contribution in [2.75, 3.05) is 26.2 Å². The van der Waals surface area contributed by atoms with E-state index in [1.54, 1.807) is 0 Å². The van der Waals surface area contributed by atoms with Crippen molar-refractivity contribution in [1.29, 1.82) is 0 Å². The van der Waals surface area contributed by atoms with Crippen molar-refractivity contribution in [2.24, 2.45) is 5.92 Å². The fraction of sp³-hybridized carbons (Fsp3) is 0.579. The molecule has 130 valence electrons. The number of nitrogens with one attached hydrogen (secondary N) is 1. The van der Waals surface area contributed by atoms with Crippen LogP contribution in [-0.4, -0.2) is 53.8 Å². The van der Waals surface area contributed by atoms with E-state index in [2.05, 4.69) is 12.2 Å². The summed E-state index contributed by atoms with van der Waals surface area (Å²) in [6.07, 6.45) is 2.32. The molecule has 2 amide bonds. The maximum Gasteiger partial charge on any atom is 0.228 e. The Kier molecular flexibility index (Phi) is 5.51. The van der Waals surface area contributed by atoms with Crippen molar-refractivity contribution in [3.8, 4) is 0 Å². The molecule has 0 spiro atoms. The number of nitrogens with zero attached hydrogens (tertiary/aromatic N) is 2. The van der Waals surface area contributed by atoms with Crippen molar-refractivity contribution >= 4 is 11.8 Å². The van der Waals surface area contributed by atoms with Crippen LogP contribution in [0.4, 0.5) is 0 Å². The van der Waals surface area contributed by atoms with Gasteiger partial charge in [-0.05, 0) is 24.9 Å². The summed E-state index contributed by atoms with van der Waals surface area (Å²) in [5.74, 6) is 0.0704. The lowest BCUT2D eigenvalue weighted by Gasteiger charge is -2.30. The van der Waals surface area contributed by atoms with Crippen LogP contribution in [0.5, 0.6) is 0 Å². The first-order chi connectivity index (χ1) is 11.7. The third-order valence-electron chi connectivity index (χ3n) is 5.00. The van der Waals surface area contributed by atoms with Gasteiger partial charge in [-0.3, -0.25) is 9.59 Å². The van der Waals surface area contributed by atoms with E-state index in [4.69, 9.17) is 0 Å². The van der Waals surface area contributed by atoms with Gasteiger partial charge in [0.05, 0.1) is 5.92 Å². The molecule has 2 aliphatic heterocycles. The second-order valence-electron chi connectivity index (χ2n) is 6.84. The summed E-state index contributed by atoms with van der Waals surface area (Å²) in [6.45, 7) is 5.88. The van der Waals surface area contributed by atoms with E-state index in [1.165, 1.54) is 0 Å². The number of rotatable bonds is 6. The van der Waals surface area contributed by atoms with E-state index in [9.17, 15) is 9.59 Å². The molecular weight excluding hydrogens is 302 g/mol. The molecule has 1 aromatic carbocycles. The van der Waals surface area contributed by atoms with Gasteiger partial charge in [0, 0.05) is 38.6 Å². The number of likely N-dealkylation sites (tertiary alicyclic amines) is 1. The minimum absolute atomic E-state index is 0.0956. The lowest BCUT2D eigenvalue weighted by atomic mass is 10.0. The first-order valence-electron chi connectivity index (χ1n) is 9.02. The van der Waals surface area contributed by atoms with Crippen LogP contribution >= 0.6 is 0 Å². The van der Waals surface area contributed by atoms with Crippen LogP contribution in [0.1, 0.15) is 31.7 Å². The smallest absolute Gasteiger partial charge is 0.228 e. The molecule has 2 heterocycles. The number of hydrogen-bond acceptors (Lipinski definition) is 3. The van der Waals surface area contributed by atoms with Gasteiger partial charge in [0.25, 0.3) is 0 Å². The van der Waals surface area contributed by atoms with Gasteiger partial charge >= 0.3 is 0 Å². The average Bonchev–Trinajstić information content (AvgIpc) is 3.24. The van der Waals surface area contributed by atoms with E-state index in [-0.39, 0.29) is 23.8 Å². The Morgan fingerprint density at radius 1 is 1.33 bits per heavy atom. The zero-order valence-corrected chi connectivity index (χ0v) is 14.4. The van der Waals surface area contributed by atoms with Crippen LogP contribution in [0.2, 0.25) is 0 Å². The molecule has 1 aromatic rings. The summed E-state index contributed by atoms with van der Waals surface area (Å²) in [6, 6.07) is 10.3. The quantitative estimate of drug-likeness (QED) is 0.863. The molecule has 0 radical (unpaired) electrons. The number of hydrogen-bond donors (Lipinski definition) is 1. The molecule has 0 aliphatic carbocycles. The molecule has 0 aromatic heterocycles. The van der Waals surface area contributed by atoms with Crippen LogP contribution in [0.15, 0.2) is 30.3 Å². The highest BCUT2D eigenvalue weighted by Crippen LogP contribution is 2.24. The topological polar surface area (TPSA) is 52.7 Å². The van der Waals surface area contributed by atoms with Gasteiger partial charge in [-0.25, -0.2) is 0 Å². The van der Waals surface area contributed by atoms with E-state index >= 15 is 0 Å². The lowest BCUT2D eigenvalue weighted by molar-refractivity contribution is -0.137. The zero-order valence-electron chi connectivity index (χ0n) is 14.4. The van der Waals surface area contributed by atoms with Crippen LogP contribution in [-0.2, 0) is 16.1 Å². The molecule has 2 atom stereocenters. The van der Waals surface area contributed by atoms with Gasteiger partial charge in [-0.1, -0.05) is 37.3 Å². The highest BCUT2D eigenvalue weighted by atomic mass is 16.2. The van der Waals surface area contributed by atoms with Crippen LogP contribution < -0.4 is 5.32 Å². The Hall–Kier alpha value is -1.88. The number of benzene rings is 1. The molecule has 24 heavy (non-hydrogen) atoms. The predicted molar refractivity (Wildman–Crippen MR) is 93.2 cm³/mol. The Balaban J connectivity index is 1.64. The largest absolute Gasteiger partial charge is 0.338 e. The highest BCUT2D eigenvalue weighted by molar-refractivity contribution is 5.89. The molecule has 2 unspecified atom stereocenters. The SMILES string of the molecule is CCCN(C(=O)C1CC(=O)N(Cc2ccccc2)C1)C1CCNC1. The molecule has 5 nitrogen and oxygen atoms in total. The molecule has 2 saturated heterocycles. The third-order valence-corrected chi connectivity index (χ3v) is 5.00. The van der Waals surface area contributed by atoms with E-state index in [1.807, 2.05) is 40.1 Å². The summed E-state index contributed by atoms with van der Waals surface area (Å²) < 4.78 is 0. The predicted octanol–water partition coefficient (Wildman–Crippen LogP) is 1.64. The second-order valence-corrected chi connectivity index (χ2v) is 6.84. The normalized spacial score (nSPS) is 23.7. The summed E-state index contributed by atoms with van der Waals surface area (Å²) in [5, 5.41) is 3.34. The summed E-state index contributed by atoms with van der Waals surface area (Å²) >= 11 is 0. The van der Waals surface area contributed by atoms with Gasteiger partial charge < -0.3 is 15.1 Å². The molecular formula is C19H27N3O2. The average molecular weight is 329 g/mol. The minimum atomic E-state index is -0.187. The van der Waals surface area contributed by atoms with Gasteiger partial charge in [0.2, 0.25) is 11.8 Å². The Morgan fingerprint density at radius 3 is 2.79 bits per heavy atom. The van der Waals surface area contributed by atoms with Gasteiger partial charge in [-0.2, -0.15) is 0 Å². The maximum atomic E-state index is 13.0. The Labute approximate surface area is 144 Å². The van der Waals surface area contributed by atoms with Gasteiger partial charge in [-0.15, -0.1) is 0 Å². The van der Waals surface area contributed by atoms with Gasteiger partial charge in [0.1, 0.15) is 0 Å². The fourth-order valence-electron chi connectivity index (χ4n) is 3.75. The number of amides is 2. The molecule has 1 N–H and O–H groups in total. The molecule has 5 heteroatoms. The van der Waals surface area contributed by atoms with Gasteiger partial charge in [0.15, 0.2) is 0 Å². The van der Waals surface area contributed by atoms with E-state index < -0.39 is 0 Å². The monoisotopic (exact) mass is 329 g/mol. The summed E-state index contributed by atoms with van der Waals surface area (Å²) in [4.78, 5) is 29.2. The zero-order chi connectivity index (χ0) is 16.9. The summed E-state index contributed by atoms with van der Waals surface area (Å²) in [7, 11) is 0. The van der Waals surface area contributed by atoms with E-state index in [0.29, 0.717) is 19.5 Å². The first-order valence-corrected chi connectivity index (χ1v) is 9.02. The Morgan fingerprint density at radius 2 is 2.12 bits per heavy atom. The first kappa shape index (κ1) is 17.0. The molecule has 2 fully saturated rings. The Bertz CT molecular complexity index is 569. The van der Waals surface area contributed by atoms with Crippen molar-refractivity contribution in [3.05, 3.63) is 35.9 Å². The van der Waals surface area contributed by atoms with Crippen LogP contribution in [0, 0.1) is 5.92 Å². The fourth-order valence-corrected chi connectivity index (χ4v) is 3.75. The lowest BCUT2D eigenvalue weighted by Crippen LogP contribution is -2.45. The number of carbonyl (C=O) groups is 2. The minimum Gasteiger partial charge on any atom is -0.338 e. The van der Waals surface area contributed by atoms with E-state index in [0.717, 1.165) is 38.0 Å². The molecule has 0 bridgehead atoms. The van der Waals surface area contributed by atoms with Crippen LogP contribution in [0.3, 0.4) is 0 Å². The standard InChI is InChI=1S/C19H27N3O2/c1-2-10-22(17-8-9-20-12-17)19(24)16-11-18(23)21(14-16)13-15-6-4-3-5-7-15/h3-7,16-17,20H,2,8-14H2,1H3. The van der Waals surface area contributed by atoms with Crippen molar-refractivity contribution in [3.63, 3.8) is 0 Å². The second kappa shape index (κ2) is 7.79. The molecule has 0 saturated carbocycles. The van der Waals surface area contributed by atoms with Crippen molar-refractivity contribution in [1.82, 2.24) is 15.1 Å². The summed E-state index contributed by atoms with van der Waals surface area (Å²) in [5.41, 5.74) is 1.12. The van der Waals surface area contributed by atoms with Crippen LogP contribution in [0.25, 0.3) is 0 Å². The number of carbonyl (C=O) groups excluding carboxylic acids is 2. The molecule has 3 rings (SSSR count).